The van der Waals surface area contributed by atoms with E-state index in [1.807, 2.05) is 56.4 Å². The first kappa shape index (κ1) is 20.5. The number of fused-ring (bicyclic) bond motifs is 4. The Kier molecular flexibility index (Phi) is 5.50. The zero-order valence-electron chi connectivity index (χ0n) is 18.1. The standard InChI is InChI=1S/C27H24N2O2S/c1-3-28(4-2)27(30)31-25-23-16-10-18-29(23)22-15-7-8-17-24(22)32-26(25)21-14-9-12-19-11-5-6-13-20(19)21/h5-18H,3-4H2,1-2H3. The molecule has 1 aliphatic heterocycles. The summed E-state index contributed by atoms with van der Waals surface area (Å²) in [6.07, 6.45) is 1.69. The van der Waals surface area contributed by atoms with Crippen molar-refractivity contribution in [2.75, 3.05) is 13.1 Å². The Hall–Kier alpha value is -3.44. The summed E-state index contributed by atoms with van der Waals surface area (Å²) in [5, 5.41) is 2.28. The molecule has 0 aliphatic carbocycles. The van der Waals surface area contributed by atoms with Gasteiger partial charge in [0.25, 0.3) is 0 Å². The van der Waals surface area contributed by atoms with E-state index >= 15 is 0 Å². The van der Waals surface area contributed by atoms with Gasteiger partial charge in [-0.2, -0.15) is 0 Å². The highest BCUT2D eigenvalue weighted by molar-refractivity contribution is 8.08. The summed E-state index contributed by atoms with van der Waals surface area (Å²) in [5.41, 5.74) is 3.00. The Morgan fingerprint density at radius 2 is 1.66 bits per heavy atom. The van der Waals surface area contributed by atoms with Crippen LogP contribution in [0.5, 0.6) is 0 Å². The van der Waals surface area contributed by atoms with Crippen molar-refractivity contribution >= 4 is 39.3 Å². The van der Waals surface area contributed by atoms with Crippen LogP contribution in [0.3, 0.4) is 0 Å². The maximum Gasteiger partial charge on any atom is 0.415 e. The second-order valence-electron chi connectivity index (χ2n) is 7.56. The quantitative estimate of drug-likeness (QED) is 0.341. The fourth-order valence-electron chi connectivity index (χ4n) is 4.12. The number of carbonyl (C=O) groups excluding carboxylic acids is 1. The SMILES string of the molecule is CCN(CC)C(=O)OC1=C(c2cccc3ccccc23)Sc2ccccc2-n2cccc21. The third kappa shape index (κ3) is 3.49. The van der Waals surface area contributed by atoms with E-state index in [2.05, 4.69) is 47.0 Å². The van der Waals surface area contributed by atoms with Crippen molar-refractivity contribution in [3.8, 4) is 5.69 Å². The van der Waals surface area contributed by atoms with Crippen LogP contribution in [0.4, 0.5) is 4.79 Å². The van der Waals surface area contributed by atoms with Crippen molar-refractivity contribution in [2.45, 2.75) is 18.7 Å². The van der Waals surface area contributed by atoms with Crippen molar-refractivity contribution in [2.24, 2.45) is 0 Å². The van der Waals surface area contributed by atoms with Crippen LogP contribution in [0, 0.1) is 0 Å². The summed E-state index contributed by atoms with van der Waals surface area (Å²) < 4.78 is 8.27. The number of thioether (sulfide) groups is 1. The van der Waals surface area contributed by atoms with Crippen molar-refractivity contribution < 1.29 is 9.53 Å². The highest BCUT2D eigenvalue weighted by atomic mass is 32.2. The molecule has 1 aromatic heterocycles. The molecule has 32 heavy (non-hydrogen) atoms. The predicted octanol–water partition coefficient (Wildman–Crippen LogP) is 7.04. The summed E-state index contributed by atoms with van der Waals surface area (Å²) in [5.74, 6) is 0.587. The minimum atomic E-state index is -0.331. The maximum atomic E-state index is 13.1. The van der Waals surface area contributed by atoms with Gasteiger partial charge in [0.1, 0.15) is 0 Å². The molecule has 4 nitrogen and oxygen atoms in total. The second kappa shape index (κ2) is 8.60. The molecule has 5 heteroatoms. The zero-order valence-corrected chi connectivity index (χ0v) is 18.9. The van der Waals surface area contributed by atoms with Gasteiger partial charge in [0.2, 0.25) is 0 Å². The highest BCUT2D eigenvalue weighted by Gasteiger charge is 2.27. The molecule has 1 amide bonds. The van der Waals surface area contributed by atoms with Crippen molar-refractivity contribution in [3.05, 3.63) is 96.3 Å². The van der Waals surface area contributed by atoms with Crippen LogP contribution in [-0.4, -0.2) is 28.6 Å². The molecule has 0 N–H and O–H groups in total. The minimum Gasteiger partial charge on any atom is -0.407 e. The number of aromatic nitrogens is 1. The number of carbonyl (C=O) groups is 1. The molecular weight excluding hydrogens is 416 g/mol. The number of hydrogen-bond acceptors (Lipinski definition) is 3. The number of hydrogen-bond donors (Lipinski definition) is 0. The molecule has 0 fully saturated rings. The molecular formula is C27H24N2O2S. The third-order valence-corrected chi connectivity index (χ3v) is 6.94. The van der Waals surface area contributed by atoms with Crippen molar-refractivity contribution in [1.29, 1.82) is 0 Å². The number of amides is 1. The lowest BCUT2D eigenvalue weighted by Crippen LogP contribution is -2.31. The van der Waals surface area contributed by atoms with Gasteiger partial charge in [0.05, 0.1) is 16.3 Å². The molecule has 160 valence electrons. The Bertz CT molecular complexity index is 1330. The second-order valence-corrected chi connectivity index (χ2v) is 8.61. The van der Waals surface area contributed by atoms with Crippen LogP contribution in [0.15, 0.2) is 90.0 Å². The Labute approximate surface area is 192 Å². The van der Waals surface area contributed by atoms with Gasteiger partial charge in [0.15, 0.2) is 5.76 Å². The van der Waals surface area contributed by atoms with Gasteiger partial charge < -0.3 is 14.2 Å². The molecule has 5 rings (SSSR count). The maximum absolute atomic E-state index is 13.1. The van der Waals surface area contributed by atoms with Crippen LogP contribution in [0.1, 0.15) is 25.1 Å². The van der Waals surface area contributed by atoms with Crippen LogP contribution in [0.25, 0.3) is 27.1 Å². The van der Waals surface area contributed by atoms with Crippen LogP contribution >= 0.6 is 11.8 Å². The molecule has 3 aromatic carbocycles. The monoisotopic (exact) mass is 440 g/mol. The minimum absolute atomic E-state index is 0.331. The normalized spacial score (nSPS) is 12.8. The zero-order chi connectivity index (χ0) is 22.1. The molecule has 2 heterocycles. The molecule has 0 saturated heterocycles. The average Bonchev–Trinajstić information content (AvgIpc) is 3.27. The van der Waals surface area contributed by atoms with E-state index in [0.29, 0.717) is 18.8 Å². The molecule has 1 aliphatic rings. The lowest BCUT2D eigenvalue weighted by Gasteiger charge is -2.21. The van der Waals surface area contributed by atoms with Gasteiger partial charge in [-0.05, 0) is 48.9 Å². The first-order valence-electron chi connectivity index (χ1n) is 10.9. The number of rotatable bonds is 4. The largest absolute Gasteiger partial charge is 0.415 e. The van der Waals surface area contributed by atoms with Gasteiger partial charge in [-0.3, -0.25) is 0 Å². The van der Waals surface area contributed by atoms with E-state index in [1.165, 1.54) is 0 Å². The first-order chi connectivity index (χ1) is 15.7. The molecule has 0 atom stereocenters. The van der Waals surface area contributed by atoms with E-state index in [4.69, 9.17) is 4.74 Å². The summed E-state index contributed by atoms with van der Waals surface area (Å²) >= 11 is 1.65. The Morgan fingerprint density at radius 3 is 2.50 bits per heavy atom. The summed E-state index contributed by atoms with van der Waals surface area (Å²) in [7, 11) is 0. The number of para-hydroxylation sites is 1. The van der Waals surface area contributed by atoms with E-state index in [-0.39, 0.29) is 6.09 Å². The predicted molar refractivity (Wildman–Crippen MR) is 132 cm³/mol. The number of benzene rings is 3. The van der Waals surface area contributed by atoms with Crippen LogP contribution < -0.4 is 0 Å². The van der Waals surface area contributed by atoms with Gasteiger partial charge in [0, 0.05) is 29.7 Å². The topological polar surface area (TPSA) is 34.5 Å². The number of nitrogens with zero attached hydrogens (tertiary/aromatic N) is 2. The molecule has 0 radical (unpaired) electrons. The van der Waals surface area contributed by atoms with E-state index in [0.717, 1.165) is 37.5 Å². The fourth-order valence-corrected chi connectivity index (χ4v) is 5.29. The fraction of sp³-hybridized carbons (Fsp3) is 0.148. The lowest BCUT2D eigenvalue weighted by molar-refractivity contribution is 0.148. The molecule has 0 saturated carbocycles. The molecule has 0 bridgehead atoms. The Morgan fingerprint density at radius 1 is 0.906 bits per heavy atom. The first-order valence-corrected chi connectivity index (χ1v) is 11.7. The lowest BCUT2D eigenvalue weighted by atomic mass is 10.0. The van der Waals surface area contributed by atoms with E-state index in [9.17, 15) is 4.79 Å². The van der Waals surface area contributed by atoms with Gasteiger partial charge in [-0.15, -0.1) is 0 Å². The summed E-state index contributed by atoms with van der Waals surface area (Å²) in [6, 6.07) is 26.9. The summed E-state index contributed by atoms with van der Waals surface area (Å²) in [6.45, 7) is 5.12. The highest BCUT2D eigenvalue weighted by Crippen LogP contribution is 2.47. The van der Waals surface area contributed by atoms with Crippen LogP contribution in [-0.2, 0) is 4.74 Å². The van der Waals surface area contributed by atoms with Gasteiger partial charge >= 0.3 is 6.09 Å². The van der Waals surface area contributed by atoms with Gasteiger partial charge in [-0.25, -0.2) is 4.79 Å². The molecule has 0 unspecified atom stereocenters. The average molecular weight is 441 g/mol. The van der Waals surface area contributed by atoms with Crippen molar-refractivity contribution in [3.63, 3.8) is 0 Å². The van der Waals surface area contributed by atoms with Crippen molar-refractivity contribution in [1.82, 2.24) is 9.47 Å². The third-order valence-electron chi connectivity index (χ3n) is 5.77. The van der Waals surface area contributed by atoms with Gasteiger partial charge in [-0.1, -0.05) is 66.4 Å². The number of ether oxygens (including phenoxy) is 1. The smallest absolute Gasteiger partial charge is 0.407 e. The summed E-state index contributed by atoms with van der Waals surface area (Å²) in [4.78, 5) is 16.8. The van der Waals surface area contributed by atoms with E-state index < -0.39 is 0 Å². The molecule has 0 spiro atoms. The molecule has 4 aromatic rings. The Balaban J connectivity index is 1.78. The van der Waals surface area contributed by atoms with Crippen LogP contribution in [0.2, 0.25) is 0 Å². The van der Waals surface area contributed by atoms with E-state index in [1.54, 1.807) is 16.7 Å².